The average molecular weight is 341 g/mol. The number of amides is 1. The summed E-state index contributed by atoms with van der Waals surface area (Å²) in [5.74, 6) is 1.38. The van der Waals surface area contributed by atoms with E-state index in [0.29, 0.717) is 5.92 Å². The van der Waals surface area contributed by atoms with Crippen LogP contribution < -0.4 is 5.32 Å². The summed E-state index contributed by atoms with van der Waals surface area (Å²) < 4.78 is 43.5. The minimum absolute atomic E-state index is 0.0983. The van der Waals surface area contributed by atoms with E-state index < -0.39 is 17.8 Å². The Morgan fingerprint density at radius 1 is 1.08 bits per heavy atom. The Morgan fingerprint density at radius 2 is 1.83 bits per heavy atom. The lowest BCUT2D eigenvalue weighted by Gasteiger charge is -2.38. The number of alkyl halides is 3. The quantitative estimate of drug-likeness (QED) is 0.759. The van der Waals surface area contributed by atoms with Crippen molar-refractivity contribution < 1.29 is 22.7 Å². The van der Waals surface area contributed by atoms with Crippen LogP contribution in [0, 0.1) is 11.8 Å². The zero-order valence-corrected chi connectivity index (χ0v) is 13.4. The zero-order valence-electron chi connectivity index (χ0n) is 13.4. The van der Waals surface area contributed by atoms with Gasteiger partial charge in [0.25, 0.3) is 0 Å². The standard InChI is InChI=1S/C18H22F3NO2/c19-18(20,21)14-6-3-7-15(11-14)22-17(23)24-16-9-8-12-4-1-2-5-13(12)10-16/h3,6-7,11-13,16H,1-2,4-5,8-10H2,(H,22,23)/t12-,13+,16-/m1/s1. The maximum Gasteiger partial charge on any atom is 0.416 e. The predicted molar refractivity (Wildman–Crippen MR) is 84.6 cm³/mol. The summed E-state index contributed by atoms with van der Waals surface area (Å²) in [6.07, 6.45) is 2.56. The molecule has 3 nitrogen and oxygen atoms in total. The predicted octanol–water partition coefficient (Wildman–Crippen LogP) is 5.61. The number of carbonyl (C=O) groups is 1. The Labute approximate surface area is 139 Å². The average Bonchev–Trinajstić information content (AvgIpc) is 2.54. The molecule has 0 spiro atoms. The van der Waals surface area contributed by atoms with Crippen molar-refractivity contribution in [1.82, 2.24) is 0 Å². The van der Waals surface area contributed by atoms with Crippen LogP contribution in [-0.4, -0.2) is 12.2 Å². The summed E-state index contributed by atoms with van der Waals surface area (Å²) in [5.41, 5.74) is -0.691. The molecule has 1 amide bonds. The maximum absolute atomic E-state index is 12.7. The molecule has 0 aromatic heterocycles. The van der Waals surface area contributed by atoms with Crippen LogP contribution in [0.2, 0.25) is 0 Å². The minimum atomic E-state index is -4.43. The van der Waals surface area contributed by atoms with Crippen LogP contribution in [-0.2, 0) is 10.9 Å². The molecule has 0 radical (unpaired) electrons. The molecule has 6 heteroatoms. The molecule has 0 unspecified atom stereocenters. The van der Waals surface area contributed by atoms with E-state index in [-0.39, 0.29) is 11.8 Å². The lowest BCUT2D eigenvalue weighted by Crippen LogP contribution is -2.34. The van der Waals surface area contributed by atoms with E-state index in [9.17, 15) is 18.0 Å². The van der Waals surface area contributed by atoms with E-state index in [1.807, 2.05) is 0 Å². The summed E-state index contributed by atoms with van der Waals surface area (Å²) in [6, 6.07) is 4.58. The Balaban J connectivity index is 1.54. The van der Waals surface area contributed by atoms with Gasteiger partial charge in [-0.1, -0.05) is 31.7 Å². The SMILES string of the molecule is O=C(Nc1cccc(C(F)(F)F)c1)O[C@@H]1CC[C@H]2CCCC[C@H]2C1. The van der Waals surface area contributed by atoms with Gasteiger partial charge in [-0.15, -0.1) is 0 Å². The van der Waals surface area contributed by atoms with E-state index in [4.69, 9.17) is 4.74 Å². The molecule has 0 bridgehead atoms. The molecule has 1 aromatic carbocycles. The molecule has 3 rings (SSSR count). The monoisotopic (exact) mass is 341 g/mol. The molecule has 2 aliphatic rings. The number of nitrogens with one attached hydrogen (secondary N) is 1. The Kier molecular flexibility index (Phi) is 5.01. The van der Waals surface area contributed by atoms with Crippen LogP contribution in [0.1, 0.15) is 50.5 Å². The second-order valence-corrected chi connectivity index (χ2v) is 6.85. The van der Waals surface area contributed by atoms with Gasteiger partial charge in [-0.25, -0.2) is 4.79 Å². The molecule has 2 aliphatic carbocycles. The van der Waals surface area contributed by atoms with E-state index in [2.05, 4.69) is 5.32 Å². The lowest BCUT2D eigenvalue weighted by atomic mass is 9.70. The molecule has 132 valence electrons. The highest BCUT2D eigenvalue weighted by molar-refractivity contribution is 5.84. The first kappa shape index (κ1) is 17.1. The number of benzene rings is 1. The van der Waals surface area contributed by atoms with E-state index in [0.717, 1.165) is 37.3 Å². The van der Waals surface area contributed by atoms with Crippen molar-refractivity contribution in [2.24, 2.45) is 11.8 Å². The van der Waals surface area contributed by atoms with Crippen molar-refractivity contribution in [3.63, 3.8) is 0 Å². The van der Waals surface area contributed by atoms with Crippen molar-refractivity contribution in [2.75, 3.05) is 5.32 Å². The summed E-state index contributed by atoms with van der Waals surface area (Å²) in [5, 5.41) is 2.41. The van der Waals surface area contributed by atoms with Crippen molar-refractivity contribution in [3.8, 4) is 0 Å². The highest BCUT2D eigenvalue weighted by Crippen LogP contribution is 2.41. The number of rotatable bonds is 2. The van der Waals surface area contributed by atoms with Crippen LogP contribution in [0.4, 0.5) is 23.7 Å². The van der Waals surface area contributed by atoms with Gasteiger partial charge in [-0.3, -0.25) is 5.32 Å². The zero-order chi connectivity index (χ0) is 17.2. The highest BCUT2D eigenvalue weighted by Gasteiger charge is 2.34. The highest BCUT2D eigenvalue weighted by atomic mass is 19.4. The Morgan fingerprint density at radius 3 is 2.58 bits per heavy atom. The Bertz CT molecular complexity index is 588. The lowest BCUT2D eigenvalue weighted by molar-refractivity contribution is -0.137. The number of hydrogen-bond acceptors (Lipinski definition) is 2. The minimum Gasteiger partial charge on any atom is -0.446 e. The molecule has 3 atom stereocenters. The van der Waals surface area contributed by atoms with Crippen molar-refractivity contribution in [3.05, 3.63) is 29.8 Å². The smallest absolute Gasteiger partial charge is 0.416 e. The van der Waals surface area contributed by atoms with Crippen molar-refractivity contribution in [1.29, 1.82) is 0 Å². The summed E-state index contributed by atoms with van der Waals surface area (Å²) in [7, 11) is 0. The van der Waals surface area contributed by atoms with Crippen LogP contribution >= 0.6 is 0 Å². The summed E-state index contributed by atoms with van der Waals surface area (Å²) in [4.78, 5) is 12.0. The fraction of sp³-hybridized carbons (Fsp3) is 0.611. The van der Waals surface area contributed by atoms with E-state index in [1.165, 1.54) is 37.8 Å². The van der Waals surface area contributed by atoms with E-state index >= 15 is 0 Å². The molecular formula is C18H22F3NO2. The van der Waals surface area contributed by atoms with Crippen LogP contribution in [0.3, 0.4) is 0 Å². The van der Waals surface area contributed by atoms with Crippen molar-refractivity contribution in [2.45, 2.75) is 57.2 Å². The second-order valence-electron chi connectivity index (χ2n) is 6.85. The number of halogens is 3. The van der Waals surface area contributed by atoms with Crippen LogP contribution in [0.25, 0.3) is 0 Å². The molecular weight excluding hydrogens is 319 g/mol. The molecule has 0 saturated heterocycles. The van der Waals surface area contributed by atoms with Gasteiger partial charge < -0.3 is 4.74 Å². The molecule has 2 saturated carbocycles. The molecule has 1 aromatic rings. The largest absolute Gasteiger partial charge is 0.446 e. The number of fused-ring (bicyclic) bond motifs is 1. The molecule has 0 aliphatic heterocycles. The number of carbonyl (C=O) groups excluding carboxylic acids is 1. The van der Waals surface area contributed by atoms with Crippen LogP contribution in [0.15, 0.2) is 24.3 Å². The van der Waals surface area contributed by atoms with Gasteiger partial charge in [0.2, 0.25) is 0 Å². The third kappa shape index (κ3) is 4.22. The number of hydrogen-bond donors (Lipinski definition) is 1. The van der Waals surface area contributed by atoms with Gasteiger partial charge in [0.05, 0.1) is 5.56 Å². The molecule has 2 fully saturated rings. The summed E-state index contributed by atoms with van der Waals surface area (Å²) in [6.45, 7) is 0. The Hall–Kier alpha value is -1.72. The third-order valence-corrected chi connectivity index (χ3v) is 5.20. The van der Waals surface area contributed by atoms with Gasteiger partial charge in [0, 0.05) is 5.69 Å². The summed E-state index contributed by atoms with van der Waals surface area (Å²) >= 11 is 0. The molecule has 1 N–H and O–H groups in total. The fourth-order valence-electron chi connectivity index (χ4n) is 4.01. The number of anilines is 1. The maximum atomic E-state index is 12.7. The first-order valence-electron chi connectivity index (χ1n) is 8.57. The van der Waals surface area contributed by atoms with Gasteiger partial charge in [0.15, 0.2) is 0 Å². The van der Waals surface area contributed by atoms with Gasteiger partial charge >= 0.3 is 12.3 Å². The first-order chi connectivity index (χ1) is 11.4. The van der Waals surface area contributed by atoms with Gasteiger partial charge in [0.1, 0.15) is 6.10 Å². The normalized spacial score (nSPS) is 27.2. The fourth-order valence-corrected chi connectivity index (χ4v) is 4.01. The van der Waals surface area contributed by atoms with Gasteiger partial charge in [-0.2, -0.15) is 13.2 Å². The van der Waals surface area contributed by atoms with Crippen LogP contribution in [0.5, 0.6) is 0 Å². The van der Waals surface area contributed by atoms with Gasteiger partial charge in [-0.05, 0) is 49.3 Å². The molecule has 24 heavy (non-hydrogen) atoms. The van der Waals surface area contributed by atoms with E-state index in [1.54, 1.807) is 0 Å². The molecule has 0 heterocycles. The number of ether oxygens (including phenoxy) is 1. The van der Waals surface area contributed by atoms with Crippen molar-refractivity contribution >= 4 is 11.8 Å². The first-order valence-corrected chi connectivity index (χ1v) is 8.57. The second kappa shape index (κ2) is 7.03. The topological polar surface area (TPSA) is 38.3 Å². The third-order valence-electron chi connectivity index (χ3n) is 5.20.